The fourth-order valence-corrected chi connectivity index (χ4v) is 4.27. The number of nitrogens with one attached hydrogen (secondary N) is 1. The minimum absolute atomic E-state index is 0.0523. The lowest BCUT2D eigenvalue weighted by atomic mass is 10.3. The molecule has 20 heavy (non-hydrogen) atoms. The van der Waals surface area contributed by atoms with Crippen LogP contribution in [0.3, 0.4) is 0 Å². The Morgan fingerprint density at radius 1 is 1.35 bits per heavy atom. The van der Waals surface area contributed by atoms with Gasteiger partial charge >= 0.3 is 0 Å². The van der Waals surface area contributed by atoms with Crippen molar-refractivity contribution in [2.45, 2.75) is 4.21 Å². The van der Waals surface area contributed by atoms with Gasteiger partial charge in [-0.15, -0.1) is 11.3 Å². The quantitative estimate of drug-likeness (QED) is 0.781. The third kappa shape index (κ3) is 3.35. The molecule has 0 saturated carbocycles. The van der Waals surface area contributed by atoms with Crippen LogP contribution in [0.1, 0.15) is 4.88 Å². The average molecular weight is 395 g/mol. The van der Waals surface area contributed by atoms with E-state index in [1.54, 1.807) is 0 Å². The zero-order chi connectivity index (χ0) is 14.9. The number of sulfonamides is 1. The summed E-state index contributed by atoms with van der Waals surface area (Å²) in [5.41, 5.74) is 5.56. The molecule has 0 spiro atoms. The summed E-state index contributed by atoms with van der Waals surface area (Å²) in [5.74, 6) is -0.541. The first-order chi connectivity index (χ1) is 9.29. The fourth-order valence-electron chi connectivity index (χ4n) is 1.37. The van der Waals surface area contributed by atoms with Gasteiger partial charge in [0.25, 0.3) is 10.0 Å². The van der Waals surface area contributed by atoms with Gasteiger partial charge in [-0.1, -0.05) is 12.2 Å². The molecule has 0 unspecified atom stereocenters. The maximum atomic E-state index is 13.1. The predicted octanol–water partition coefficient (Wildman–Crippen LogP) is 3.08. The normalized spacial score (nSPS) is 11.3. The molecule has 2 rings (SSSR count). The summed E-state index contributed by atoms with van der Waals surface area (Å²) in [4.78, 5) is 0.627. The Morgan fingerprint density at radius 3 is 2.65 bits per heavy atom. The molecule has 106 valence electrons. The van der Waals surface area contributed by atoms with Crippen molar-refractivity contribution in [2.75, 3.05) is 4.72 Å². The minimum Gasteiger partial charge on any atom is -0.389 e. The topological polar surface area (TPSA) is 72.2 Å². The average Bonchev–Trinajstić information content (AvgIpc) is 2.84. The van der Waals surface area contributed by atoms with Crippen LogP contribution < -0.4 is 10.5 Å². The highest BCUT2D eigenvalue weighted by atomic mass is 79.9. The first kappa shape index (κ1) is 15.4. The van der Waals surface area contributed by atoms with Gasteiger partial charge in [-0.2, -0.15) is 0 Å². The molecule has 4 nitrogen and oxygen atoms in total. The Bertz CT molecular complexity index is 774. The molecule has 0 aliphatic carbocycles. The molecule has 0 amide bonds. The van der Waals surface area contributed by atoms with Gasteiger partial charge in [0.2, 0.25) is 0 Å². The summed E-state index contributed by atoms with van der Waals surface area (Å²) in [6, 6.07) is 6.65. The first-order valence-electron chi connectivity index (χ1n) is 5.17. The van der Waals surface area contributed by atoms with E-state index in [0.717, 1.165) is 17.4 Å². The van der Waals surface area contributed by atoms with Gasteiger partial charge in [-0.3, -0.25) is 4.72 Å². The molecule has 0 aliphatic rings. The highest BCUT2D eigenvalue weighted by Gasteiger charge is 2.19. The molecule has 0 radical (unpaired) electrons. The summed E-state index contributed by atoms with van der Waals surface area (Å²) in [7, 11) is -3.81. The van der Waals surface area contributed by atoms with Gasteiger partial charge in [0.1, 0.15) is 15.0 Å². The third-order valence-corrected chi connectivity index (χ3v) is 6.28. The number of rotatable bonds is 4. The standard InChI is InChI=1S/C11H8BrFN2O2S3/c12-7-2-1-6(13)5-8(7)15-20(16,17)10-4-3-9(19-10)11(14)18/h1-5,15H,(H2,14,18). The molecule has 1 heterocycles. The second-order valence-corrected chi connectivity index (χ2v) is 8.00. The smallest absolute Gasteiger partial charge is 0.271 e. The van der Waals surface area contributed by atoms with E-state index in [2.05, 4.69) is 20.7 Å². The molecule has 0 bridgehead atoms. The number of benzene rings is 1. The Kier molecular flexibility index (Phi) is 4.43. The molecule has 1 aromatic heterocycles. The van der Waals surface area contributed by atoms with Gasteiger partial charge in [-0.05, 0) is 46.3 Å². The highest BCUT2D eigenvalue weighted by Crippen LogP contribution is 2.28. The SMILES string of the molecule is NC(=S)c1ccc(S(=O)(=O)Nc2cc(F)ccc2Br)s1. The zero-order valence-corrected chi connectivity index (χ0v) is 13.8. The Balaban J connectivity index is 2.35. The number of nitrogens with two attached hydrogens (primary N) is 1. The first-order valence-corrected chi connectivity index (χ1v) is 8.67. The minimum atomic E-state index is -3.81. The van der Waals surface area contributed by atoms with E-state index in [1.165, 1.54) is 24.3 Å². The molecule has 9 heteroatoms. The van der Waals surface area contributed by atoms with Crippen molar-refractivity contribution >= 4 is 60.2 Å². The number of hydrogen-bond acceptors (Lipinski definition) is 4. The van der Waals surface area contributed by atoms with Gasteiger partial charge in [0, 0.05) is 4.47 Å². The lowest BCUT2D eigenvalue weighted by Crippen LogP contribution is -2.12. The molecule has 3 N–H and O–H groups in total. The van der Waals surface area contributed by atoms with Gasteiger partial charge in [-0.25, -0.2) is 12.8 Å². The van der Waals surface area contributed by atoms with Crippen molar-refractivity contribution < 1.29 is 12.8 Å². The summed E-state index contributed by atoms with van der Waals surface area (Å²) < 4.78 is 40.3. The van der Waals surface area contributed by atoms with Crippen molar-refractivity contribution in [3.05, 3.63) is 45.5 Å². The largest absolute Gasteiger partial charge is 0.389 e. The van der Waals surface area contributed by atoms with Crippen LogP contribution in [-0.2, 0) is 10.0 Å². The zero-order valence-electron chi connectivity index (χ0n) is 9.76. The molecule has 1 aromatic carbocycles. The lowest BCUT2D eigenvalue weighted by molar-refractivity contribution is 0.603. The van der Waals surface area contributed by atoms with Crippen molar-refractivity contribution in [1.82, 2.24) is 0 Å². The van der Waals surface area contributed by atoms with E-state index < -0.39 is 15.8 Å². The number of anilines is 1. The van der Waals surface area contributed by atoms with Crippen LogP contribution in [0.4, 0.5) is 10.1 Å². The Hall–Kier alpha value is -1.03. The summed E-state index contributed by atoms with van der Waals surface area (Å²) in [6.45, 7) is 0. The molecule has 0 fully saturated rings. The number of thiophene rings is 1. The van der Waals surface area contributed by atoms with E-state index in [4.69, 9.17) is 18.0 Å². The number of halogens is 2. The second kappa shape index (κ2) is 5.76. The van der Waals surface area contributed by atoms with Crippen molar-refractivity contribution in [2.24, 2.45) is 5.73 Å². The van der Waals surface area contributed by atoms with E-state index in [1.807, 2.05) is 0 Å². The van der Waals surface area contributed by atoms with Crippen molar-refractivity contribution in [3.8, 4) is 0 Å². The number of thiocarbonyl (C=S) groups is 1. The van der Waals surface area contributed by atoms with Crippen LogP contribution in [0, 0.1) is 5.82 Å². The summed E-state index contributed by atoms with van der Waals surface area (Å²) in [6.07, 6.45) is 0. The second-order valence-electron chi connectivity index (χ2n) is 3.71. The van der Waals surface area contributed by atoms with Crippen LogP contribution in [0.5, 0.6) is 0 Å². The van der Waals surface area contributed by atoms with Gasteiger partial charge in [0.05, 0.1) is 10.6 Å². The van der Waals surface area contributed by atoms with E-state index in [-0.39, 0.29) is 14.9 Å². The van der Waals surface area contributed by atoms with Gasteiger partial charge in [0.15, 0.2) is 0 Å². The predicted molar refractivity (Wildman–Crippen MR) is 85.1 cm³/mol. The molecule has 0 atom stereocenters. The van der Waals surface area contributed by atoms with Crippen LogP contribution in [0.15, 0.2) is 39.0 Å². The van der Waals surface area contributed by atoms with Crippen molar-refractivity contribution in [3.63, 3.8) is 0 Å². The highest BCUT2D eigenvalue weighted by molar-refractivity contribution is 9.10. The monoisotopic (exact) mass is 394 g/mol. The Morgan fingerprint density at radius 2 is 2.05 bits per heavy atom. The van der Waals surface area contributed by atoms with E-state index in [0.29, 0.717) is 9.35 Å². The molecule has 0 saturated heterocycles. The Labute approximate surface area is 133 Å². The molecular formula is C11H8BrFN2O2S3. The fraction of sp³-hybridized carbons (Fsp3) is 0. The van der Waals surface area contributed by atoms with Gasteiger partial charge < -0.3 is 5.73 Å². The lowest BCUT2D eigenvalue weighted by Gasteiger charge is -2.08. The maximum Gasteiger partial charge on any atom is 0.271 e. The molecular weight excluding hydrogens is 387 g/mol. The summed E-state index contributed by atoms with van der Waals surface area (Å²) in [5, 5.41) is 0. The number of hydrogen-bond donors (Lipinski definition) is 2. The van der Waals surface area contributed by atoms with Crippen LogP contribution >= 0.6 is 39.5 Å². The van der Waals surface area contributed by atoms with Crippen LogP contribution in [-0.4, -0.2) is 13.4 Å². The summed E-state index contributed by atoms with van der Waals surface area (Å²) >= 11 is 8.89. The van der Waals surface area contributed by atoms with E-state index >= 15 is 0 Å². The van der Waals surface area contributed by atoms with Crippen molar-refractivity contribution in [1.29, 1.82) is 0 Å². The van der Waals surface area contributed by atoms with Crippen LogP contribution in [0.2, 0.25) is 0 Å². The molecule has 0 aliphatic heterocycles. The van der Waals surface area contributed by atoms with Crippen LogP contribution in [0.25, 0.3) is 0 Å². The maximum absolute atomic E-state index is 13.1. The van der Waals surface area contributed by atoms with E-state index in [9.17, 15) is 12.8 Å². The molecule has 2 aromatic rings. The third-order valence-electron chi connectivity index (χ3n) is 2.26.